The van der Waals surface area contributed by atoms with Gasteiger partial charge in [0.15, 0.2) is 6.04 Å². The molecule has 586 valence electrons. The number of phenolic OH excluding ortho intramolecular Hbond substituents is 1. The molecule has 2 saturated heterocycles. The van der Waals surface area contributed by atoms with E-state index in [2.05, 4.69) is 52.8 Å². The standard InChI is InChI=1S/C70H98N14O21S2/c1-41(85)59-67(101)78-54(66(100)80-60(42(2)86)68(102)103)40-107-106-39-53(77-62(96)50(31-43-13-7-6-8-14-43)73-55(88)35-81-23-25-82(36-56(89)90)27-29-84(38-58(93)94)30-28-83(26-24-81)37-57(91)92)65(99)75-51(32-44-18-20-46(87)21-19-44)63(97)76-52(33-45-34-72-48-16-10-9-15-47(45)48)64(98)74-49(61(95)79-59)17-11-12-22-71-69(104)105-70(3,4)5/h6-10,13-16,18-21,34,41-42,49-54,59-60,72,85-87H,11-12,17,22-33,35-40H2,1-5H3,(H,71,104)(H,73,88)(H,74,98)(H,75,99)(H,76,97)(H,77,96)(H,78,101)(H,79,95)(H,80,100)(H,89,90)(H,91,92)(H,93,94)(H,102,103)/t41-,42-,49+,50-,51+,52+,53+,54-,59-,60+/m1/s1. The van der Waals surface area contributed by atoms with Crippen LogP contribution in [0.1, 0.15) is 70.6 Å². The topological polar surface area (TPSA) is 510 Å². The van der Waals surface area contributed by atoms with Gasteiger partial charge in [0.2, 0.25) is 47.3 Å². The molecule has 0 bridgehead atoms. The molecule has 0 spiro atoms. The van der Waals surface area contributed by atoms with Gasteiger partial charge in [0.05, 0.1) is 38.4 Å². The van der Waals surface area contributed by atoms with Crippen LogP contribution in [0, 0.1) is 0 Å². The third-order valence-corrected chi connectivity index (χ3v) is 19.6. The minimum absolute atomic E-state index is 0.0314. The normalized spacial score (nSPS) is 21.3. The number of fused-ring (bicyclic) bond motifs is 1. The summed E-state index contributed by atoms with van der Waals surface area (Å²) in [5.74, 6) is -14.4. The van der Waals surface area contributed by atoms with Crippen molar-refractivity contribution in [3.63, 3.8) is 0 Å². The van der Waals surface area contributed by atoms with E-state index in [0.29, 0.717) is 27.6 Å². The number of aliphatic carboxylic acids is 4. The Balaban J connectivity index is 1.42. The number of H-pyrrole nitrogens is 1. The highest BCUT2D eigenvalue weighted by atomic mass is 33.1. The molecule has 2 aliphatic heterocycles. The van der Waals surface area contributed by atoms with Crippen molar-refractivity contribution < 1.29 is 103 Å². The maximum atomic E-state index is 15.4. The van der Waals surface area contributed by atoms with Crippen molar-refractivity contribution in [3.05, 3.63) is 102 Å². The number of phenols is 1. The highest BCUT2D eigenvalue weighted by Crippen LogP contribution is 2.25. The maximum absolute atomic E-state index is 15.4. The number of rotatable bonds is 27. The second-order valence-corrected chi connectivity index (χ2v) is 29.7. The van der Waals surface area contributed by atoms with E-state index in [9.17, 15) is 78.9 Å². The van der Waals surface area contributed by atoms with Crippen molar-refractivity contribution in [1.82, 2.24) is 72.4 Å². The monoisotopic (exact) mass is 1530 g/mol. The van der Waals surface area contributed by atoms with Crippen LogP contribution in [0.25, 0.3) is 10.9 Å². The molecule has 0 unspecified atom stereocenters. The second kappa shape index (κ2) is 42.6. The summed E-state index contributed by atoms with van der Waals surface area (Å²) >= 11 is 0. The molecule has 6 rings (SSSR count). The van der Waals surface area contributed by atoms with Crippen LogP contribution in [0.5, 0.6) is 5.75 Å². The van der Waals surface area contributed by atoms with Crippen molar-refractivity contribution in [2.24, 2.45) is 0 Å². The zero-order chi connectivity index (χ0) is 78.5. The van der Waals surface area contributed by atoms with Crippen LogP contribution in [0.15, 0.2) is 85.1 Å². The number of unbranched alkanes of at least 4 members (excludes halogenated alkanes) is 1. The summed E-state index contributed by atoms with van der Waals surface area (Å²) < 4.78 is 5.34. The van der Waals surface area contributed by atoms with E-state index < -0.39 is 181 Å². The first-order valence-electron chi connectivity index (χ1n) is 34.8. The third-order valence-electron chi connectivity index (χ3n) is 17.2. The van der Waals surface area contributed by atoms with Gasteiger partial charge in [-0.1, -0.05) is 82.3 Å². The highest BCUT2D eigenvalue weighted by Gasteiger charge is 2.38. The molecule has 2 aliphatic rings. The van der Waals surface area contributed by atoms with Gasteiger partial charge >= 0.3 is 30.0 Å². The average molecular weight is 1540 g/mol. The number of nitrogens with zero attached hydrogens (tertiary/aromatic N) is 4. The minimum atomic E-state index is -1.94. The van der Waals surface area contributed by atoms with Crippen molar-refractivity contribution in [3.8, 4) is 5.75 Å². The van der Waals surface area contributed by atoms with Gasteiger partial charge in [0.25, 0.3) is 0 Å². The summed E-state index contributed by atoms with van der Waals surface area (Å²) in [6.07, 6.45) is -3.25. The molecule has 35 nitrogen and oxygen atoms in total. The molecule has 3 aromatic carbocycles. The number of amides is 9. The number of aliphatic hydroxyl groups is 2. The molecule has 3 heterocycles. The Bertz CT molecular complexity index is 3670. The number of carbonyl (C=O) groups is 13. The summed E-state index contributed by atoms with van der Waals surface area (Å²) in [4.78, 5) is 189. The van der Waals surface area contributed by atoms with Crippen molar-refractivity contribution in [2.75, 3.05) is 96.6 Å². The van der Waals surface area contributed by atoms with Gasteiger partial charge in [-0.15, -0.1) is 0 Å². The lowest BCUT2D eigenvalue weighted by atomic mass is 10.0. The van der Waals surface area contributed by atoms with Crippen LogP contribution in [0.4, 0.5) is 4.79 Å². The molecule has 0 aliphatic carbocycles. The molecule has 37 heteroatoms. The lowest BCUT2D eigenvalue weighted by Crippen LogP contribution is -2.62. The van der Waals surface area contributed by atoms with Crippen LogP contribution >= 0.6 is 21.6 Å². The molecule has 9 amide bonds. The number of aromatic nitrogens is 1. The molecule has 1 aromatic heterocycles. The zero-order valence-corrected chi connectivity index (χ0v) is 61.8. The molecule has 17 N–H and O–H groups in total. The van der Waals surface area contributed by atoms with E-state index in [1.165, 1.54) is 24.3 Å². The lowest BCUT2D eigenvalue weighted by molar-refractivity contribution is -0.145. The van der Waals surface area contributed by atoms with Gasteiger partial charge in [0.1, 0.15) is 53.6 Å². The first kappa shape index (κ1) is 86.3. The first-order chi connectivity index (χ1) is 50.7. The molecular formula is C70H98N14O21S2. The molecule has 2 fully saturated rings. The third kappa shape index (κ3) is 30.3. The van der Waals surface area contributed by atoms with Gasteiger partial charge in [0, 0.05) is 107 Å². The van der Waals surface area contributed by atoms with E-state index >= 15 is 19.2 Å². The number of benzene rings is 3. The predicted molar refractivity (Wildman–Crippen MR) is 392 cm³/mol. The van der Waals surface area contributed by atoms with Crippen LogP contribution in [0.2, 0.25) is 0 Å². The SMILES string of the molecule is C[C@@H](O)[C@H](NC(=O)[C@H]1CSSC[C@H](NC(=O)[C@@H](Cc2ccccc2)NC(=O)CN2CCN(CC(=O)O)CCN(CC(=O)O)CCN(CC(=O)O)CC2)C(=O)N[C@@H](Cc2ccc(O)cc2)C(=O)N[C@@H](Cc2c[nH]c3ccccc23)C(=O)N[C@@H](CCCCNC(=O)OC(C)(C)C)C(=O)N[C@H]([C@@H](C)O)C(=O)N1)C(=O)O. The van der Waals surface area contributed by atoms with Crippen LogP contribution in [-0.4, -0.2) is 300 Å². The van der Waals surface area contributed by atoms with Gasteiger partial charge in [-0.25, -0.2) is 9.59 Å². The number of aromatic amines is 1. The van der Waals surface area contributed by atoms with E-state index in [0.717, 1.165) is 35.4 Å². The Labute approximate surface area is 625 Å². The number of aromatic hydroxyl groups is 1. The van der Waals surface area contributed by atoms with Gasteiger partial charge in [-0.2, -0.15) is 0 Å². The fraction of sp³-hybridized carbons (Fsp3) is 0.529. The van der Waals surface area contributed by atoms with Crippen LogP contribution in [-0.2, 0) is 81.5 Å². The Morgan fingerprint density at radius 2 is 1.11 bits per heavy atom. The molecule has 107 heavy (non-hydrogen) atoms. The molecule has 4 aromatic rings. The fourth-order valence-corrected chi connectivity index (χ4v) is 13.9. The quantitative estimate of drug-likeness (QED) is 0.0231. The fourth-order valence-electron chi connectivity index (χ4n) is 11.6. The molecular weight excluding hydrogens is 1440 g/mol. The van der Waals surface area contributed by atoms with Crippen LogP contribution < -0.4 is 47.9 Å². The van der Waals surface area contributed by atoms with E-state index in [-0.39, 0.29) is 103 Å². The van der Waals surface area contributed by atoms with Crippen molar-refractivity contribution >= 4 is 110 Å². The summed E-state index contributed by atoms with van der Waals surface area (Å²) in [5, 5.41) is 95.4. The smallest absolute Gasteiger partial charge is 0.407 e. The average Bonchev–Trinajstić information content (AvgIpc) is 1.75. The van der Waals surface area contributed by atoms with Crippen LogP contribution in [0.3, 0.4) is 0 Å². The summed E-state index contributed by atoms with van der Waals surface area (Å²) in [6, 6.07) is 7.41. The maximum Gasteiger partial charge on any atom is 0.407 e. The summed E-state index contributed by atoms with van der Waals surface area (Å²) in [5.41, 5.74) is 1.21. The number of carboxylic acids is 4. The van der Waals surface area contributed by atoms with E-state index in [1.54, 1.807) is 101 Å². The number of nitrogens with one attached hydrogen (secondary N) is 10. The number of aliphatic hydroxyl groups excluding tert-OH is 2. The highest BCUT2D eigenvalue weighted by molar-refractivity contribution is 8.76. The van der Waals surface area contributed by atoms with Crippen molar-refractivity contribution in [1.29, 1.82) is 0 Å². The Morgan fingerprint density at radius 3 is 1.66 bits per heavy atom. The Morgan fingerprint density at radius 1 is 0.589 bits per heavy atom. The van der Waals surface area contributed by atoms with Gasteiger partial charge < -0.3 is 93.3 Å². The van der Waals surface area contributed by atoms with Crippen molar-refractivity contribution in [2.45, 2.75) is 139 Å². The molecule has 0 saturated carbocycles. The largest absolute Gasteiger partial charge is 0.508 e. The minimum Gasteiger partial charge on any atom is -0.508 e. The van der Waals surface area contributed by atoms with E-state index in [1.807, 2.05) is 0 Å². The molecule has 10 atom stereocenters. The Kier molecular flexibility index (Phi) is 34.4. The lowest BCUT2D eigenvalue weighted by Gasteiger charge is -2.33. The number of hydrogen-bond acceptors (Lipinski definition) is 23. The van der Waals surface area contributed by atoms with Gasteiger partial charge in [-0.05, 0) is 88.8 Å². The summed E-state index contributed by atoms with van der Waals surface area (Å²) in [6.45, 7) is 6.11. The number of alkyl carbamates (subject to hydrolysis) is 1. The van der Waals surface area contributed by atoms with Gasteiger partial charge in [-0.3, -0.25) is 72.3 Å². The van der Waals surface area contributed by atoms with E-state index in [4.69, 9.17) is 4.74 Å². The number of carboxylic acid groups (broad SMARTS) is 4. The Hall–Kier alpha value is -9.63. The predicted octanol–water partition coefficient (Wildman–Crippen LogP) is -1.81. The zero-order valence-electron chi connectivity index (χ0n) is 60.2. The summed E-state index contributed by atoms with van der Waals surface area (Å²) in [7, 11) is 1.63. The second-order valence-electron chi connectivity index (χ2n) is 27.1. The first-order valence-corrected chi connectivity index (χ1v) is 37.3. The number of para-hydroxylation sites is 1. The number of ether oxygens (including phenoxy) is 1. The number of carbonyl (C=O) groups excluding carboxylic acids is 9. The number of hydrogen-bond donors (Lipinski definition) is 17. The molecule has 0 radical (unpaired) electrons.